The predicted octanol–water partition coefficient (Wildman–Crippen LogP) is 4.58. The van der Waals surface area contributed by atoms with Gasteiger partial charge in [0.15, 0.2) is 6.61 Å². The molecule has 1 aromatic carbocycles. The smallest absolute Gasteiger partial charge is 0.328 e. The van der Waals surface area contributed by atoms with E-state index in [2.05, 4.69) is 30.4 Å². The number of benzene rings is 1. The lowest BCUT2D eigenvalue weighted by molar-refractivity contribution is -0.145. The number of aliphatic hydroxyl groups excluding tert-OH is 1. The molecule has 1 amide bonds. The van der Waals surface area contributed by atoms with Gasteiger partial charge in [0.1, 0.15) is 6.04 Å². The first-order chi connectivity index (χ1) is 18.2. The molecule has 4 aliphatic carbocycles. The third-order valence-electron chi connectivity index (χ3n) is 10.4. The number of hydrogen-bond donors (Lipinski definition) is 2. The zero-order valence-corrected chi connectivity index (χ0v) is 22.9. The highest BCUT2D eigenvalue weighted by atomic mass is 16.6. The Labute approximate surface area is 226 Å². The average molecular weight is 523 g/mol. The Morgan fingerprint density at radius 3 is 2.63 bits per heavy atom. The van der Waals surface area contributed by atoms with Crippen LogP contribution in [0.25, 0.3) is 0 Å². The van der Waals surface area contributed by atoms with Crippen LogP contribution < -0.4 is 5.32 Å². The number of carbonyl (C=O) groups is 2. The Morgan fingerprint density at radius 1 is 1.08 bits per heavy atom. The second-order valence-corrected chi connectivity index (χ2v) is 12.3. The van der Waals surface area contributed by atoms with Crippen molar-refractivity contribution in [1.29, 1.82) is 0 Å². The van der Waals surface area contributed by atoms with Gasteiger partial charge in [-0.15, -0.1) is 0 Å². The first kappa shape index (κ1) is 26.9. The van der Waals surface area contributed by atoms with E-state index in [9.17, 15) is 14.7 Å². The van der Waals surface area contributed by atoms with Crippen molar-refractivity contribution in [2.75, 3.05) is 13.7 Å². The number of nitrogens with one attached hydrogen (secondary N) is 1. The number of oxime groups is 1. The fraction of sp³-hybridized carbons (Fsp3) is 0.645. The summed E-state index contributed by atoms with van der Waals surface area (Å²) in [7, 11) is 1.32. The summed E-state index contributed by atoms with van der Waals surface area (Å²) >= 11 is 0. The fourth-order valence-corrected chi connectivity index (χ4v) is 8.21. The highest BCUT2D eigenvalue weighted by Crippen LogP contribution is 2.65. The number of nitrogens with zero attached hydrogens (tertiary/aromatic N) is 1. The van der Waals surface area contributed by atoms with E-state index in [0.29, 0.717) is 24.2 Å². The van der Waals surface area contributed by atoms with Crippen LogP contribution in [-0.2, 0) is 25.6 Å². The van der Waals surface area contributed by atoms with Crippen LogP contribution in [-0.4, -0.2) is 48.6 Å². The van der Waals surface area contributed by atoms with E-state index < -0.39 is 17.9 Å². The minimum Gasteiger partial charge on any atom is -0.467 e. The van der Waals surface area contributed by atoms with Crippen LogP contribution in [0.5, 0.6) is 0 Å². The molecule has 7 atom stereocenters. The minimum absolute atomic E-state index is 0.0996. The molecular weight excluding hydrogens is 480 g/mol. The van der Waals surface area contributed by atoms with E-state index in [-0.39, 0.29) is 23.5 Å². The molecule has 1 aromatic rings. The molecule has 3 saturated carbocycles. The van der Waals surface area contributed by atoms with Crippen molar-refractivity contribution in [3.63, 3.8) is 0 Å². The number of carbonyl (C=O) groups excluding carboxylic acids is 2. The lowest BCUT2D eigenvalue weighted by Crippen LogP contribution is -2.51. The van der Waals surface area contributed by atoms with Crippen LogP contribution in [0.3, 0.4) is 0 Å². The molecule has 0 saturated heterocycles. The van der Waals surface area contributed by atoms with Crippen molar-refractivity contribution in [3.05, 3.63) is 47.5 Å². The predicted molar refractivity (Wildman–Crippen MR) is 145 cm³/mol. The summed E-state index contributed by atoms with van der Waals surface area (Å²) < 4.78 is 4.87. The van der Waals surface area contributed by atoms with Gasteiger partial charge in [-0.25, -0.2) is 4.79 Å². The molecule has 0 aliphatic heterocycles. The Balaban J connectivity index is 1.18. The third-order valence-corrected chi connectivity index (χ3v) is 10.4. The summed E-state index contributed by atoms with van der Waals surface area (Å²) in [6, 6.07) is 8.73. The molecule has 4 aliphatic rings. The maximum absolute atomic E-state index is 12.5. The molecule has 2 N–H and O–H groups in total. The van der Waals surface area contributed by atoms with Gasteiger partial charge in [0.05, 0.1) is 18.9 Å². The van der Waals surface area contributed by atoms with Crippen LogP contribution in [0.1, 0.15) is 70.8 Å². The van der Waals surface area contributed by atoms with Crippen LogP contribution in [0.15, 0.2) is 47.1 Å². The van der Waals surface area contributed by atoms with Crippen molar-refractivity contribution < 1.29 is 24.3 Å². The highest BCUT2D eigenvalue weighted by molar-refractivity contribution is 5.96. The SMILES string of the molecule is COC(=O)[C@H](Cc1ccccc1)NC(=O)CON=C1C=C2CC[C@@H]3[C@@H]4CC[C@H](O)[C@@]4(C)CC[C@@H]3[C@@]2(C)CC1. The van der Waals surface area contributed by atoms with Gasteiger partial charge in [-0.3, -0.25) is 4.79 Å². The molecule has 0 aromatic heterocycles. The summed E-state index contributed by atoms with van der Waals surface area (Å²) in [6.07, 6.45) is 11.0. The number of fused-ring (bicyclic) bond motifs is 5. The van der Waals surface area contributed by atoms with Gasteiger partial charge in [-0.2, -0.15) is 0 Å². The van der Waals surface area contributed by atoms with Gasteiger partial charge >= 0.3 is 5.97 Å². The van der Waals surface area contributed by atoms with Gasteiger partial charge in [0.2, 0.25) is 0 Å². The maximum atomic E-state index is 12.5. The van der Waals surface area contributed by atoms with E-state index in [1.807, 2.05) is 30.3 Å². The first-order valence-electron chi connectivity index (χ1n) is 14.2. The number of allylic oxidation sites excluding steroid dienone is 2. The summed E-state index contributed by atoms with van der Waals surface area (Å²) in [5.74, 6) is 1.11. The quantitative estimate of drug-likeness (QED) is 0.404. The van der Waals surface area contributed by atoms with Crippen LogP contribution >= 0.6 is 0 Å². The Hall–Kier alpha value is -2.67. The van der Waals surface area contributed by atoms with Crippen molar-refractivity contribution in [2.45, 2.75) is 83.8 Å². The molecule has 7 nitrogen and oxygen atoms in total. The highest BCUT2D eigenvalue weighted by Gasteiger charge is 2.58. The molecule has 38 heavy (non-hydrogen) atoms. The van der Waals surface area contributed by atoms with Gasteiger partial charge in [-0.1, -0.05) is 54.9 Å². The van der Waals surface area contributed by atoms with Gasteiger partial charge in [-0.05, 0) is 91.6 Å². The van der Waals surface area contributed by atoms with Crippen molar-refractivity contribution in [3.8, 4) is 0 Å². The van der Waals surface area contributed by atoms with Gasteiger partial charge < -0.3 is 20.0 Å². The molecule has 0 unspecified atom stereocenters. The molecule has 206 valence electrons. The summed E-state index contributed by atoms with van der Waals surface area (Å²) in [4.78, 5) is 30.2. The van der Waals surface area contributed by atoms with E-state index in [0.717, 1.165) is 43.4 Å². The lowest BCUT2D eigenvalue weighted by atomic mass is 9.47. The van der Waals surface area contributed by atoms with Crippen LogP contribution in [0, 0.1) is 28.6 Å². The molecule has 3 fully saturated rings. The summed E-state index contributed by atoms with van der Waals surface area (Å²) in [5, 5.41) is 17.7. The Kier molecular flexibility index (Phi) is 7.67. The molecule has 0 bridgehead atoms. The molecule has 7 heteroatoms. The number of rotatable bonds is 7. The van der Waals surface area contributed by atoms with E-state index in [4.69, 9.17) is 9.57 Å². The summed E-state index contributed by atoms with van der Waals surface area (Å²) in [6.45, 7) is 4.52. The monoisotopic (exact) mass is 522 g/mol. The average Bonchev–Trinajstić information content (AvgIpc) is 3.22. The molecule has 0 spiro atoms. The number of hydrogen-bond acceptors (Lipinski definition) is 6. The molecular formula is C31H42N2O5. The minimum atomic E-state index is -0.780. The number of amides is 1. The number of aliphatic hydroxyl groups is 1. The molecule has 0 heterocycles. The van der Waals surface area contributed by atoms with Crippen molar-refractivity contribution in [1.82, 2.24) is 5.32 Å². The first-order valence-corrected chi connectivity index (χ1v) is 14.2. The van der Waals surface area contributed by atoms with Crippen LogP contribution in [0.2, 0.25) is 0 Å². The standard InChI is InChI=1S/C31H42N2O5/c1-30-15-13-22(18-21(30)9-10-23-24-11-12-27(34)31(24,2)16-14-25(23)30)33-38-19-28(35)32-26(29(36)37-3)17-20-7-5-4-6-8-20/h4-8,18,23-27,34H,9-17,19H2,1-3H3,(H,32,35)/t23-,24+,25+,26+,27+,30+,31+/m1/s1. The number of methoxy groups -OCH3 is 1. The Bertz CT molecular complexity index is 1100. The lowest BCUT2D eigenvalue weighted by Gasteiger charge is -2.57. The Morgan fingerprint density at radius 2 is 1.87 bits per heavy atom. The normalized spacial score (nSPS) is 35.8. The van der Waals surface area contributed by atoms with E-state index in [1.54, 1.807) is 0 Å². The topological polar surface area (TPSA) is 97.2 Å². The van der Waals surface area contributed by atoms with Gasteiger partial charge in [0.25, 0.3) is 5.91 Å². The zero-order valence-electron chi connectivity index (χ0n) is 22.9. The van der Waals surface area contributed by atoms with Crippen LogP contribution in [0.4, 0.5) is 0 Å². The van der Waals surface area contributed by atoms with Crippen molar-refractivity contribution in [2.24, 2.45) is 33.7 Å². The second kappa shape index (κ2) is 10.8. The molecule has 5 rings (SSSR count). The number of ether oxygens (including phenoxy) is 1. The molecule has 0 radical (unpaired) electrons. The van der Waals surface area contributed by atoms with E-state index in [1.165, 1.54) is 31.9 Å². The number of esters is 1. The largest absolute Gasteiger partial charge is 0.467 e. The van der Waals surface area contributed by atoms with E-state index >= 15 is 0 Å². The third kappa shape index (κ3) is 5.02. The fourth-order valence-electron chi connectivity index (χ4n) is 8.21. The summed E-state index contributed by atoms with van der Waals surface area (Å²) in [5.41, 5.74) is 3.56. The second-order valence-electron chi connectivity index (χ2n) is 12.3. The van der Waals surface area contributed by atoms with Crippen molar-refractivity contribution >= 4 is 17.6 Å². The van der Waals surface area contributed by atoms with Gasteiger partial charge in [0, 0.05) is 6.42 Å². The zero-order chi connectivity index (χ0) is 26.9. The maximum Gasteiger partial charge on any atom is 0.328 e.